The molecular formula is C12H20O6S. The molecule has 6 nitrogen and oxygen atoms in total. The molecule has 0 aromatic carbocycles. The summed E-state index contributed by atoms with van der Waals surface area (Å²) in [5.41, 5.74) is 0. The van der Waals surface area contributed by atoms with E-state index in [9.17, 15) is 18.0 Å². The first kappa shape index (κ1) is 15.9. The molecule has 0 aliphatic heterocycles. The summed E-state index contributed by atoms with van der Waals surface area (Å²) in [5.74, 6) is -2.69. The van der Waals surface area contributed by atoms with Crippen LogP contribution in [0.4, 0.5) is 0 Å². The first-order valence-electron chi connectivity index (χ1n) is 6.15. The van der Waals surface area contributed by atoms with Gasteiger partial charge in [0.1, 0.15) is 9.84 Å². The molecule has 0 spiro atoms. The van der Waals surface area contributed by atoms with E-state index in [1.54, 1.807) is 0 Å². The van der Waals surface area contributed by atoms with Gasteiger partial charge in [-0.25, -0.2) is 8.42 Å². The number of rotatable bonds is 4. The van der Waals surface area contributed by atoms with Gasteiger partial charge in [-0.1, -0.05) is 6.42 Å². The van der Waals surface area contributed by atoms with Crippen molar-refractivity contribution < 1.29 is 27.5 Å². The monoisotopic (exact) mass is 292 g/mol. The molecule has 0 heterocycles. The lowest BCUT2D eigenvalue weighted by atomic mass is 9.79. The maximum Gasteiger partial charge on any atom is 0.320 e. The summed E-state index contributed by atoms with van der Waals surface area (Å²) in [4.78, 5) is 23.4. The zero-order valence-electron chi connectivity index (χ0n) is 11.4. The Bertz CT molecular complexity index is 425. The van der Waals surface area contributed by atoms with E-state index in [1.807, 2.05) is 0 Å². The van der Waals surface area contributed by atoms with Gasteiger partial charge in [-0.3, -0.25) is 9.59 Å². The number of hydrogen-bond donors (Lipinski definition) is 0. The van der Waals surface area contributed by atoms with E-state index < -0.39 is 32.9 Å². The third-order valence-corrected chi connectivity index (χ3v) is 5.29. The number of carbonyl (C=O) groups excluding carboxylic acids is 2. The van der Waals surface area contributed by atoms with Gasteiger partial charge < -0.3 is 9.47 Å². The van der Waals surface area contributed by atoms with Crippen LogP contribution in [0.25, 0.3) is 0 Å². The fourth-order valence-corrected chi connectivity index (χ4v) is 3.80. The van der Waals surface area contributed by atoms with Crippen LogP contribution in [-0.4, -0.2) is 46.1 Å². The van der Waals surface area contributed by atoms with Crippen LogP contribution >= 0.6 is 0 Å². The van der Waals surface area contributed by atoms with Crippen molar-refractivity contribution in [2.75, 3.05) is 20.5 Å². The summed E-state index contributed by atoms with van der Waals surface area (Å²) in [7, 11) is -0.754. The summed E-state index contributed by atoms with van der Waals surface area (Å²) < 4.78 is 32.4. The average molecular weight is 292 g/mol. The SMILES string of the molecule is COC(=O)C(C(=O)OC)C1CCCC(S(C)(=O)=O)C1. The smallest absolute Gasteiger partial charge is 0.320 e. The van der Waals surface area contributed by atoms with Crippen LogP contribution in [0.15, 0.2) is 0 Å². The minimum atomic E-state index is -3.16. The average Bonchev–Trinajstić information content (AvgIpc) is 2.37. The minimum absolute atomic E-state index is 0.299. The fourth-order valence-electron chi connectivity index (χ4n) is 2.61. The predicted molar refractivity (Wildman–Crippen MR) is 68.1 cm³/mol. The standard InChI is InChI=1S/C12H20O6S/c1-17-11(13)10(12(14)18-2)8-5-4-6-9(7-8)19(3,15)16/h8-10H,4-7H2,1-3H3. The normalized spacial score (nSPS) is 24.0. The third-order valence-electron chi connectivity index (χ3n) is 3.65. The second kappa shape index (κ2) is 6.36. The van der Waals surface area contributed by atoms with Crippen molar-refractivity contribution >= 4 is 21.8 Å². The van der Waals surface area contributed by atoms with Crippen LogP contribution in [0.3, 0.4) is 0 Å². The van der Waals surface area contributed by atoms with Crippen molar-refractivity contribution in [3.05, 3.63) is 0 Å². The van der Waals surface area contributed by atoms with Gasteiger partial charge in [0, 0.05) is 6.26 Å². The first-order valence-corrected chi connectivity index (χ1v) is 8.11. The number of sulfone groups is 1. The van der Waals surface area contributed by atoms with Crippen LogP contribution in [0, 0.1) is 11.8 Å². The van der Waals surface area contributed by atoms with E-state index in [2.05, 4.69) is 9.47 Å². The highest BCUT2D eigenvalue weighted by molar-refractivity contribution is 7.91. The third kappa shape index (κ3) is 3.92. The molecule has 19 heavy (non-hydrogen) atoms. The number of esters is 2. The molecule has 2 unspecified atom stereocenters. The van der Waals surface area contributed by atoms with Gasteiger partial charge in [-0.2, -0.15) is 0 Å². The van der Waals surface area contributed by atoms with E-state index in [-0.39, 0.29) is 5.92 Å². The van der Waals surface area contributed by atoms with Crippen LogP contribution in [0.2, 0.25) is 0 Å². The molecule has 2 atom stereocenters. The number of carbonyl (C=O) groups is 2. The van der Waals surface area contributed by atoms with Gasteiger partial charge in [-0.05, 0) is 25.2 Å². The second-order valence-corrected chi connectivity index (χ2v) is 7.23. The Labute approximate surface area is 113 Å². The molecule has 1 aliphatic carbocycles. The van der Waals surface area contributed by atoms with Crippen molar-refractivity contribution in [1.29, 1.82) is 0 Å². The molecule has 110 valence electrons. The molecule has 1 aliphatic rings. The van der Waals surface area contributed by atoms with E-state index in [4.69, 9.17) is 0 Å². The zero-order valence-corrected chi connectivity index (χ0v) is 12.2. The Balaban J connectivity index is 2.91. The summed E-state index contributed by atoms with van der Waals surface area (Å²) in [5, 5.41) is -0.497. The zero-order chi connectivity index (χ0) is 14.6. The van der Waals surface area contributed by atoms with Gasteiger partial charge in [-0.15, -0.1) is 0 Å². The molecule has 0 aromatic rings. The molecule has 0 bridgehead atoms. The summed E-state index contributed by atoms with van der Waals surface area (Å²) in [6.45, 7) is 0. The molecule has 0 aromatic heterocycles. The van der Waals surface area contributed by atoms with Crippen LogP contribution < -0.4 is 0 Å². The van der Waals surface area contributed by atoms with Crippen molar-refractivity contribution in [2.45, 2.75) is 30.9 Å². The molecule has 0 amide bonds. The summed E-state index contributed by atoms with van der Waals surface area (Å²) in [6, 6.07) is 0. The Morgan fingerprint density at radius 3 is 2.05 bits per heavy atom. The quantitative estimate of drug-likeness (QED) is 0.555. The highest BCUT2D eigenvalue weighted by Gasteiger charge is 2.41. The largest absolute Gasteiger partial charge is 0.468 e. The van der Waals surface area contributed by atoms with Crippen LogP contribution in [-0.2, 0) is 28.9 Å². The highest BCUT2D eigenvalue weighted by Crippen LogP contribution is 2.34. The highest BCUT2D eigenvalue weighted by atomic mass is 32.2. The lowest BCUT2D eigenvalue weighted by Gasteiger charge is -2.31. The predicted octanol–water partition coefficient (Wildman–Crippen LogP) is 0.552. The molecule has 0 N–H and O–H groups in total. The maximum absolute atomic E-state index is 11.7. The Hall–Kier alpha value is -1.11. The molecule has 0 saturated heterocycles. The van der Waals surface area contributed by atoms with E-state index >= 15 is 0 Å². The molecule has 0 radical (unpaired) electrons. The van der Waals surface area contributed by atoms with Crippen molar-refractivity contribution in [1.82, 2.24) is 0 Å². The summed E-state index contributed by atoms with van der Waals surface area (Å²) in [6.07, 6.45) is 3.36. The summed E-state index contributed by atoms with van der Waals surface area (Å²) >= 11 is 0. The fraction of sp³-hybridized carbons (Fsp3) is 0.833. The minimum Gasteiger partial charge on any atom is -0.468 e. The number of methoxy groups -OCH3 is 2. The number of hydrogen-bond acceptors (Lipinski definition) is 6. The molecule has 1 rings (SSSR count). The number of ether oxygens (including phenoxy) is 2. The molecule has 1 saturated carbocycles. The van der Waals surface area contributed by atoms with Gasteiger partial charge in [0.25, 0.3) is 0 Å². The Morgan fingerprint density at radius 2 is 1.63 bits per heavy atom. The van der Waals surface area contributed by atoms with Crippen molar-refractivity contribution in [3.63, 3.8) is 0 Å². The maximum atomic E-state index is 11.7. The lowest BCUT2D eigenvalue weighted by Crippen LogP contribution is -2.38. The van der Waals surface area contributed by atoms with Crippen LogP contribution in [0.5, 0.6) is 0 Å². The lowest BCUT2D eigenvalue weighted by molar-refractivity contribution is -0.162. The first-order chi connectivity index (χ1) is 8.81. The second-order valence-electron chi connectivity index (χ2n) is 4.90. The molecular weight excluding hydrogens is 272 g/mol. The van der Waals surface area contributed by atoms with E-state index in [0.29, 0.717) is 25.7 Å². The Kier molecular flexibility index (Phi) is 5.34. The van der Waals surface area contributed by atoms with Gasteiger partial charge in [0.2, 0.25) is 0 Å². The van der Waals surface area contributed by atoms with E-state index in [1.165, 1.54) is 20.5 Å². The van der Waals surface area contributed by atoms with E-state index in [0.717, 1.165) is 0 Å². The van der Waals surface area contributed by atoms with Crippen molar-refractivity contribution in [3.8, 4) is 0 Å². The molecule has 7 heteroatoms. The topological polar surface area (TPSA) is 86.7 Å². The van der Waals surface area contributed by atoms with Gasteiger partial charge in [0.05, 0.1) is 19.5 Å². The van der Waals surface area contributed by atoms with Gasteiger partial charge in [0.15, 0.2) is 5.92 Å². The van der Waals surface area contributed by atoms with Gasteiger partial charge >= 0.3 is 11.9 Å². The Morgan fingerprint density at radius 1 is 1.11 bits per heavy atom. The van der Waals surface area contributed by atoms with Crippen molar-refractivity contribution in [2.24, 2.45) is 11.8 Å². The molecule has 1 fully saturated rings. The van der Waals surface area contributed by atoms with Crippen LogP contribution in [0.1, 0.15) is 25.7 Å².